The van der Waals surface area contributed by atoms with Gasteiger partial charge in [-0.25, -0.2) is 4.98 Å². The molecule has 10 heteroatoms. The summed E-state index contributed by atoms with van der Waals surface area (Å²) in [5.41, 5.74) is -1.59. The molecule has 0 saturated carbocycles. The van der Waals surface area contributed by atoms with Crippen molar-refractivity contribution in [1.29, 1.82) is 0 Å². The summed E-state index contributed by atoms with van der Waals surface area (Å²) in [6.07, 6.45) is -3.54. The fourth-order valence-electron chi connectivity index (χ4n) is 2.31. The molecule has 0 fully saturated rings. The van der Waals surface area contributed by atoms with Gasteiger partial charge in [0.05, 0.1) is 16.9 Å². The number of rotatable bonds is 3. The standard InChI is InChI=1S/C15H11F3N4O3/c1-8-12-13(25-21-8)19-7-22(14(12)24)6-11(23)20-10-5-3-2-4-9(10)15(16,17)18/h2-5,7H,6H2,1H3,(H,20,23). The summed E-state index contributed by atoms with van der Waals surface area (Å²) < 4.78 is 44.6. The van der Waals surface area contributed by atoms with Crippen molar-refractivity contribution in [3.05, 3.63) is 52.2 Å². The van der Waals surface area contributed by atoms with Crippen LogP contribution in [-0.4, -0.2) is 20.6 Å². The fraction of sp³-hybridized carbons (Fsp3) is 0.200. The highest BCUT2D eigenvalue weighted by Gasteiger charge is 2.33. The van der Waals surface area contributed by atoms with Crippen LogP contribution in [0.2, 0.25) is 0 Å². The van der Waals surface area contributed by atoms with E-state index in [2.05, 4.69) is 15.5 Å². The van der Waals surface area contributed by atoms with Crippen molar-refractivity contribution in [1.82, 2.24) is 14.7 Å². The number of alkyl halides is 3. The van der Waals surface area contributed by atoms with Gasteiger partial charge in [0.25, 0.3) is 11.3 Å². The smallest absolute Gasteiger partial charge is 0.335 e. The number of halogens is 3. The number of para-hydroxylation sites is 1. The van der Waals surface area contributed by atoms with Crippen LogP contribution in [0.4, 0.5) is 18.9 Å². The van der Waals surface area contributed by atoms with Gasteiger partial charge < -0.3 is 9.84 Å². The molecule has 0 bridgehead atoms. The summed E-state index contributed by atoms with van der Waals surface area (Å²) >= 11 is 0. The maximum Gasteiger partial charge on any atom is 0.418 e. The van der Waals surface area contributed by atoms with Gasteiger partial charge in [-0.2, -0.15) is 13.2 Å². The summed E-state index contributed by atoms with van der Waals surface area (Å²) in [5, 5.41) is 5.89. The quantitative estimate of drug-likeness (QED) is 0.781. The second-order valence-corrected chi connectivity index (χ2v) is 5.22. The van der Waals surface area contributed by atoms with Gasteiger partial charge in [0, 0.05) is 0 Å². The summed E-state index contributed by atoms with van der Waals surface area (Å²) in [4.78, 5) is 28.2. The molecular formula is C15H11F3N4O3. The Morgan fingerprint density at radius 3 is 2.76 bits per heavy atom. The van der Waals surface area contributed by atoms with Crippen LogP contribution in [0.5, 0.6) is 0 Å². The van der Waals surface area contributed by atoms with E-state index in [-0.39, 0.29) is 16.8 Å². The normalized spacial score (nSPS) is 11.7. The largest absolute Gasteiger partial charge is 0.418 e. The Kier molecular flexibility index (Phi) is 4.03. The number of amides is 1. The zero-order valence-corrected chi connectivity index (χ0v) is 12.8. The minimum Gasteiger partial charge on any atom is -0.335 e. The first-order chi connectivity index (χ1) is 11.8. The first kappa shape index (κ1) is 16.7. The first-order valence-corrected chi connectivity index (χ1v) is 7.05. The molecule has 0 spiro atoms. The molecule has 1 amide bonds. The van der Waals surface area contributed by atoms with Gasteiger partial charge in [0.2, 0.25) is 5.91 Å². The van der Waals surface area contributed by atoms with Crippen LogP contribution < -0.4 is 10.9 Å². The van der Waals surface area contributed by atoms with E-state index in [4.69, 9.17) is 4.52 Å². The lowest BCUT2D eigenvalue weighted by Crippen LogP contribution is -2.28. The van der Waals surface area contributed by atoms with E-state index >= 15 is 0 Å². The Morgan fingerprint density at radius 1 is 1.32 bits per heavy atom. The van der Waals surface area contributed by atoms with Crippen LogP contribution in [0, 0.1) is 6.92 Å². The molecule has 25 heavy (non-hydrogen) atoms. The Morgan fingerprint density at radius 2 is 2.04 bits per heavy atom. The lowest BCUT2D eigenvalue weighted by molar-refractivity contribution is -0.137. The summed E-state index contributed by atoms with van der Waals surface area (Å²) in [6, 6.07) is 4.58. The van der Waals surface area contributed by atoms with E-state index in [9.17, 15) is 22.8 Å². The van der Waals surface area contributed by atoms with Crippen LogP contribution in [0.25, 0.3) is 11.1 Å². The van der Waals surface area contributed by atoms with Crippen molar-refractivity contribution >= 4 is 22.7 Å². The van der Waals surface area contributed by atoms with Gasteiger partial charge in [0.15, 0.2) is 0 Å². The molecule has 0 saturated heterocycles. The predicted molar refractivity (Wildman–Crippen MR) is 80.9 cm³/mol. The molecule has 3 aromatic rings. The highest BCUT2D eigenvalue weighted by atomic mass is 19.4. The van der Waals surface area contributed by atoms with Crippen molar-refractivity contribution in [2.24, 2.45) is 0 Å². The molecular weight excluding hydrogens is 341 g/mol. The molecule has 1 aromatic carbocycles. The monoisotopic (exact) mass is 352 g/mol. The number of benzene rings is 1. The number of fused-ring (bicyclic) bond motifs is 1. The molecule has 7 nitrogen and oxygen atoms in total. The highest BCUT2D eigenvalue weighted by Crippen LogP contribution is 2.34. The second-order valence-electron chi connectivity index (χ2n) is 5.22. The summed E-state index contributed by atoms with van der Waals surface area (Å²) in [7, 11) is 0. The van der Waals surface area contributed by atoms with Crippen molar-refractivity contribution in [3.8, 4) is 0 Å². The summed E-state index contributed by atoms with van der Waals surface area (Å²) in [5.74, 6) is -0.797. The van der Waals surface area contributed by atoms with Gasteiger partial charge in [-0.15, -0.1) is 0 Å². The van der Waals surface area contributed by atoms with Gasteiger partial charge in [-0.3, -0.25) is 14.2 Å². The number of aromatic nitrogens is 3. The Balaban J connectivity index is 1.86. The van der Waals surface area contributed by atoms with Crippen LogP contribution >= 0.6 is 0 Å². The van der Waals surface area contributed by atoms with E-state index in [1.165, 1.54) is 12.1 Å². The fourth-order valence-corrected chi connectivity index (χ4v) is 2.31. The molecule has 3 rings (SSSR count). The molecule has 0 aliphatic heterocycles. The van der Waals surface area contributed by atoms with E-state index in [1.807, 2.05) is 0 Å². The lowest BCUT2D eigenvalue weighted by Gasteiger charge is -2.13. The molecule has 0 atom stereocenters. The molecule has 0 aliphatic rings. The lowest BCUT2D eigenvalue weighted by atomic mass is 10.1. The van der Waals surface area contributed by atoms with Crippen molar-refractivity contribution in [2.45, 2.75) is 19.6 Å². The second kappa shape index (κ2) is 6.04. The highest BCUT2D eigenvalue weighted by molar-refractivity contribution is 5.91. The summed E-state index contributed by atoms with van der Waals surface area (Å²) in [6.45, 7) is 1.04. The van der Waals surface area contributed by atoms with E-state index < -0.39 is 29.8 Å². The minimum atomic E-state index is -4.61. The Hall–Kier alpha value is -3.17. The zero-order valence-electron chi connectivity index (χ0n) is 12.8. The molecule has 2 heterocycles. The number of anilines is 1. The Bertz CT molecular complexity index is 1010. The number of hydrogen-bond acceptors (Lipinski definition) is 5. The molecule has 1 N–H and O–H groups in total. The number of nitrogens with one attached hydrogen (secondary N) is 1. The number of hydrogen-bond donors (Lipinski definition) is 1. The first-order valence-electron chi connectivity index (χ1n) is 7.05. The Labute approximate surface area is 138 Å². The van der Waals surface area contributed by atoms with Crippen molar-refractivity contribution < 1.29 is 22.5 Å². The van der Waals surface area contributed by atoms with Crippen LogP contribution in [-0.2, 0) is 17.5 Å². The molecule has 0 unspecified atom stereocenters. The number of aryl methyl sites for hydroxylation is 1. The van der Waals surface area contributed by atoms with Crippen LogP contribution in [0.1, 0.15) is 11.3 Å². The molecule has 2 aromatic heterocycles. The van der Waals surface area contributed by atoms with Crippen molar-refractivity contribution in [2.75, 3.05) is 5.32 Å². The average molecular weight is 352 g/mol. The van der Waals surface area contributed by atoms with Gasteiger partial charge in [-0.05, 0) is 19.1 Å². The third-order valence-corrected chi connectivity index (χ3v) is 3.45. The van der Waals surface area contributed by atoms with E-state index in [0.29, 0.717) is 5.69 Å². The van der Waals surface area contributed by atoms with E-state index in [0.717, 1.165) is 23.0 Å². The van der Waals surface area contributed by atoms with E-state index in [1.54, 1.807) is 6.92 Å². The average Bonchev–Trinajstić information content (AvgIpc) is 2.91. The maximum absolute atomic E-state index is 12.9. The van der Waals surface area contributed by atoms with Gasteiger partial charge >= 0.3 is 6.18 Å². The number of carbonyl (C=O) groups excluding carboxylic acids is 1. The van der Waals surface area contributed by atoms with Crippen molar-refractivity contribution in [3.63, 3.8) is 0 Å². The minimum absolute atomic E-state index is 0.0292. The molecule has 130 valence electrons. The zero-order chi connectivity index (χ0) is 18.2. The number of carbonyl (C=O) groups is 1. The van der Waals surface area contributed by atoms with Crippen LogP contribution in [0.15, 0.2) is 39.9 Å². The third-order valence-electron chi connectivity index (χ3n) is 3.45. The van der Waals surface area contributed by atoms with Gasteiger partial charge in [0.1, 0.15) is 18.3 Å². The predicted octanol–water partition coefficient (Wildman–Crippen LogP) is 2.35. The third kappa shape index (κ3) is 3.23. The SMILES string of the molecule is Cc1noc2ncn(CC(=O)Nc3ccccc3C(F)(F)F)c(=O)c12. The maximum atomic E-state index is 12.9. The molecule has 0 aliphatic carbocycles. The topological polar surface area (TPSA) is 90.0 Å². The van der Waals surface area contributed by atoms with Gasteiger partial charge in [-0.1, -0.05) is 17.3 Å². The molecule has 0 radical (unpaired) electrons. The van der Waals surface area contributed by atoms with Crippen LogP contribution in [0.3, 0.4) is 0 Å². The number of nitrogens with zero attached hydrogens (tertiary/aromatic N) is 3.